The van der Waals surface area contributed by atoms with E-state index in [4.69, 9.17) is 5.11 Å². The van der Waals surface area contributed by atoms with Gasteiger partial charge in [-0.2, -0.15) is 11.8 Å². The first-order valence-electron chi connectivity index (χ1n) is 6.87. The number of amides is 1. The first kappa shape index (κ1) is 16.3. The SMILES string of the molecule is CSC1(CNC(=O)CC(C)(C)C(=O)O)CCCCC1. The molecule has 5 heteroatoms. The Morgan fingerprint density at radius 3 is 2.32 bits per heavy atom. The molecule has 1 aliphatic rings. The molecular formula is C14H25NO3S. The zero-order valence-electron chi connectivity index (χ0n) is 12.1. The first-order chi connectivity index (χ1) is 8.81. The van der Waals surface area contributed by atoms with Crippen LogP contribution < -0.4 is 5.32 Å². The summed E-state index contributed by atoms with van der Waals surface area (Å²) in [6, 6.07) is 0. The van der Waals surface area contributed by atoms with Crippen molar-refractivity contribution < 1.29 is 14.7 Å². The van der Waals surface area contributed by atoms with Gasteiger partial charge in [0, 0.05) is 17.7 Å². The highest BCUT2D eigenvalue weighted by Gasteiger charge is 2.33. The zero-order valence-corrected chi connectivity index (χ0v) is 12.9. The Bertz CT molecular complexity index is 336. The van der Waals surface area contributed by atoms with Gasteiger partial charge in [0.1, 0.15) is 0 Å². The van der Waals surface area contributed by atoms with Gasteiger partial charge in [0.15, 0.2) is 0 Å². The number of carboxylic acid groups (broad SMARTS) is 1. The second-order valence-corrected chi connectivity index (χ2v) is 7.36. The number of rotatable bonds is 6. The molecule has 19 heavy (non-hydrogen) atoms. The summed E-state index contributed by atoms with van der Waals surface area (Å²) >= 11 is 1.83. The average molecular weight is 287 g/mol. The van der Waals surface area contributed by atoms with E-state index in [9.17, 15) is 9.59 Å². The molecule has 1 aliphatic carbocycles. The largest absolute Gasteiger partial charge is 0.481 e. The smallest absolute Gasteiger partial charge is 0.309 e. The van der Waals surface area contributed by atoms with Gasteiger partial charge < -0.3 is 10.4 Å². The quantitative estimate of drug-likeness (QED) is 0.788. The van der Waals surface area contributed by atoms with Crippen LogP contribution in [0.25, 0.3) is 0 Å². The van der Waals surface area contributed by atoms with Crippen LogP contribution in [0.2, 0.25) is 0 Å². The third-order valence-corrected chi connectivity index (χ3v) is 5.41. The lowest BCUT2D eigenvalue weighted by Crippen LogP contribution is -2.43. The van der Waals surface area contributed by atoms with Gasteiger partial charge in [-0.05, 0) is 32.9 Å². The molecule has 2 N–H and O–H groups in total. The molecule has 0 radical (unpaired) electrons. The van der Waals surface area contributed by atoms with Crippen LogP contribution in [0.1, 0.15) is 52.4 Å². The van der Waals surface area contributed by atoms with E-state index in [0.717, 1.165) is 12.8 Å². The Kier molecular flexibility index (Phi) is 5.71. The van der Waals surface area contributed by atoms with E-state index in [0.29, 0.717) is 6.54 Å². The van der Waals surface area contributed by atoms with Crippen molar-refractivity contribution >= 4 is 23.6 Å². The van der Waals surface area contributed by atoms with E-state index in [2.05, 4.69) is 11.6 Å². The first-order valence-corrected chi connectivity index (χ1v) is 8.09. The summed E-state index contributed by atoms with van der Waals surface area (Å²) in [6.07, 6.45) is 8.12. The summed E-state index contributed by atoms with van der Waals surface area (Å²) in [5.74, 6) is -1.09. The maximum Gasteiger partial charge on any atom is 0.309 e. The molecule has 4 nitrogen and oxygen atoms in total. The number of hydrogen-bond donors (Lipinski definition) is 2. The van der Waals surface area contributed by atoms with Crippen LogP contribution in [0.15, 0.2) is 0 Å². The minimum Gasteiger partial charge on any atom is -0.481 e. The molecule has 0 atom stereocenters. The molecule has 1 fully saturated rings. The van der Waals surface area contributed by atoms with Gasteiger partial charge in [-0.3, -0.25) is 9.59 Å². The molecule has 0 aromatic rings. The lowest BCUT2D eigenvalue weighted by Gasteiger charge is -2.36. The van der Waals surface area contributed by atoms with Gasteiger partial charge in [-0.1, -0.05) is 19.3 Å². The molecule has 0 aliphatic heterocycles. The Morgan fingerprint density at radius 2 is 1.84 bits per heavy atom. The Labute approximate surface area is 119 Å². The van der Waals surface area contributed by atoms with E-state index in [1.165, 1.54) is 19.3 Å². The Hall–Kier alpha value is -0.710. The molecule has 0 heterocycles. The maximum atomic E-state index is 11.9. The maximum absolute atomic E-state index is 11.9. The fourth-order valence-corrected chi connectivity index (χ4v) is 3.36. The Morgan fingerprint density at radius 1 is 1.26 bits per heavy atom. The number of hydrogen-bond acceptors (Lipinski definition) is 3. The van der Waals surface area contributed by atoms with E-state index in [1.54, 1.807) is 13.8 Å². The third-order valence-electron chi connectivity index (χ3n) is 3.99. The van der Waals surface area contributed by atoms with Crippen molar-refractivity contribution in [1.29, 1.82) is 0 Å². The molecule has 0 aromatic carbocycles. The molecule has 0 spiro atoms. The molecular weight excluding hydrogens is 262 g/mol. The lowest BCUT2D eigenvalue weighted by atomic mass is 9.87. The fraction of sp³-hybridized carbons (Fsp3) is 0.857. The second-order valence-electron chi connectivity index (χ2n) is 6.09. The van der Waals surface area contributed by atoms with E-state index < -0.39 is 11.4 Å². The molecule has 110 valence electrons. The molecule has 0 bridgehead atoms. The number of thioether (sulfide) groups is 1. The number of nitrogens with one attached hydrogen (secondary N) is 1. The van der Waals surface area contributed by atoms with Crippen molar-refractivity contribution in [3.05, 3.63) is 0 Å². The number of carbonyl (C=O) groups is 2. The van der Waals surface area contributed by atoms with Gasteiger partial charge in [-0.15, -0.1) is 0 Å². The molecule has 0 unspecified atom stereocenters. The molecule has 0 saturated heterocycles. The van der Waals surface area contributed by atoms with Crippen molar-refractivity contribution in [3.8, 4) is 0 Å². The third kappa shape index (κ3) is 4.71. The van der Waals surface area contributed by atoms with E-state index >= 15 is 0 Å². The zero-order chi connectivity index (χ0) is 14.5. The van der Waals surface area contributed by atoms with Crippen molar-refractivity contribution in [3.63, 3.8) is 0 Å². The minimum absolute atomic E-state index is 0.0345. The van der Waals surface area contributed by atoms with Crippen LogP contribution in [-0.2, 0) is 9.59 Å². The molecule has 1 saturated carbocycles. The van der Waals surface area contributed by atoms with E-state index in [-0.39, 0.29) is 17.1 Å². The summed E-state index contributed by atoms with van der Waals surface area (Å²) in [7, 11) is 0. The van der Waals surface area contributed by atoms with Crippen molar-refractivity contribution in [2.75, 3.05) is 12.8 Å². The van der Waals surface area contributed by atoms with Crippen LogP contribution >= 0.6 is 11.8 Å². The van der Waals surface area contributed by atoms with Crippen LogP contribution in [0, 0.1) is 5.41 Å². The summed E-state index contributed by atoms with van der Waals surface area (Å²) in [4.78, 5) is 22.9. The van der Waals surface area contributed by atoms with Crippen LogP contribution in [0.3, 0.4) is 0 Å². The second kappa shape index (κ2) is 6.64. The van der Waals surface area contributed by atoms with Crippen LogP contribution in [-0.4, -0.2) is 34.5 Å². The molecule has 0 aromatic heterocycles. The van der Waals surface area contributed by atoms with Gasteiger partial charge in [-0.25, -0.2) is 0 Å². The van der Waals surface area contributed by atoms with Gasteiger partial charge in [0.25, 0.3) is 0 Å². The number of aliphatic carboxylic acids is 1. The average Bonchev–Trinajstić information content (AvgIpc) is 2.37. The standard InChI is InChI=1S/C14H25NO3S/c1-13(2,12(17)18)9-11(16)15-10-14(19-3)7-5-4-6-8-14/h4-10H2,1-3H3,(H,15,16)(H,17,18). The van der Waals surface area contributed by atoms with Crippen molar-refractivity contribution in [2.45, 2.75) is 57.1 Å². The molecule has 1 amide bonds. The highest BCUT2D eigenvalue weighted by molar-refractivity contribution is 8.00. The van der Waals surface area contributed by atoms with Crippen molar-refractivity contribution in [1.82, 2.24) is 5.32 Å². The predicted molar refractivity (Wildman–Crippen MR) is 78.4 cm³/mol. The summed E-state index contributed by atoms with van der Waals surface area (Å²) in [6.45, 7) is 3.82. The predicted octanol–water partition coefficient (Wildman–Crippen LogP) is 2.67. The fourth-order valence-electron chi connectivity index (χ4n) is 2.45. The van der Waals surface area contributed by atoms with Crippen LogP contribution in [0.4, 0.5) is 0 Å². The highest BCUT2D eigenvalue weighted by Crippen LogP contribution is 2.38. The summed E-state index contributed by atoms with van der Waals surface area (Å²) < 4.78 is 0.154. The lowest BCUT2D eigenvalue weighted by molar-refractivity contribution is -0.149. The summed E-state index contributed by atoms with van der Waals surface area (Å²) in [5, 5.41) is 12.0. The topological polar surface area (TPSA) is 66.4 Å². The van der Waals surface area contributed by atoms with Crippen molar-refractivity contribution in [2.24, 2.45) is 5.41 Å². The van der Waals surface area contributed by atoms with Gasteiger partial charge >= 0.3 is 5.97 Å². The van der Waals surface area contributed by atoms with Crippen LogP contribution in [0.5, 0.6) is 0 Å². The number of carbonyl (C=O) groups excluding carboxylic acids is 1. The normalized spacial score (nSPS) is 18.9. The molecule has 1 rings (SSSR count). The number of carboxylic acids is 1. The summed E-state index contributed by atoms with van der Waals surface area (Å²) in [5.41, 5.74) is -0.997. The monoisotopic (exact) mass is 287 g/mol. The Balaban J connectivity index is 2.47. The van der Waals surface area contributed by atoms with Gasteiger partial charge in [0.2, 0.25) is 5.91 Å². The van der Waals surface area contributed by atoms with Gasteiger partial charge in [0.05, 0.1) is 5.41 Å². The highest BCUT2D eigenvalue weighted by atomic mass is 32.2. The van der Waals surface area contributed by atoms with E-state index in [1.807, 2.05) is 11.8 Å². The minimum atomic E-state index is -0.997.